The number of rotatable bonds is 18. The van der Waals surface area contributed by atoms with Crippen molar-refractivity contribution in [3.05, 3.63) is 178 Å². The molecule has 6 aromatic rings. The molecule has 0 heterocycles. The lowest BCUT2D eigenvalue weighted by atomic mass is 9.94. The van der Waals surface area contributed by atoms with Gasteiger partial charge in [0.2, 0.25) is 0 Å². The zero-order valence-corrected chi connectivity index (χ0v) is 33.6. The van der Waals surface area contributed by atoms with Gasteiger partial charge in [-0.15, -0.1) is 0 Å². The molecule has 0 aliphatic heterocycles. The Morgan fingerprint density at radius 3 is 1.31 bits per heavy atom. The molecule has 9 heteroatoms. The number of ketones is 3. The van der Waals surface area contributed by atoms with Gasteiger partial charge in [-0.3, -0.25) is 14.4 Å². The van der Waals surface area contributed by atoms with Gasteiger partial charge in [0.25, 0.3) is 0 Å². The molecule has 0 spiro atoms. The Morgan fingerprint density at radius 2 is 0.881 bits per heavy atom. The SMILES string of the molecule is CCCCCCCCOc1ccc(C(=O)c2ccccc2)c(O)c1.COc1cc(O)c(C(=O)c2ccccc2)cc1Cc1cc(C(=O)c2ccccc2)c(O)cc1OC. The summed E-state index contributed by atoms with van der Waals surface area (Å²) in [6.45, 7) is 2.85. The van der Waals surface area contributed by atoms with Gasteiger partial charge in [-0.25, -0.2) is 0 Å². The van der Waals surface area contributed by atoms with Crippen molar-refractivity contribution in [2.45, 2.75) is 51.9 Å². The molecule has 0 fully saturated rings. The lowest BCUT2D eigenvalue weighted by Gasteiger charge is -2.16. The molecular formula is C50H50O9. The fourth-order valence-corrected chi connectivity index (χ4v) is 6.55. The highest BCUT2D eigenvalue weighted by molar-refractivity contribution is 6.12. The number of benzene rings is 6. The minimum absolute atomic E-state index is 0.0377. The highest BCUT2D eigenvalue weighted by Crippen LogP contribution is 2.36. The van der Waals surface area contributed by atoms with Crippen LogP contribution in [0.2, 0.25) is 0 Å². The second-order valence-electron chi connectivity index (χ2n) is 13.9. The first-order valence-electron chi connectivity index (χ1n) is 19.7. The standard InChI is InChI=1S/C29H24O6.C21H26O3/c1-34-26-16-24(30)22(28(32)18-9-5-3-6-10-18)14-20(26)13-21-15-23(25(31)17-27(21)35-2)29(33)19-11-7-4-8-12-19;1-2-3-4-5-6-10-15-24-18-13-14-19(20(22)16-18)21(23)17-11-8-7-9-12-17/h3-12,14-17,30-31H,13H2,1-2H3;7-9,11-14,16,22H,2-6,10,15H2,1H3. The van der Waals surface area contributed by atoms with Gasteiger partial charge in [0, 0.05) is 41.3 Å². The molecule has 304 valence electrons. The number of ether oxygens (including phenoxy) is 3. The maximum absolute atomic E-state index is 13.0. The summed E-state index contributed by atoms with van der Waals surface area (Å²) in [5.41, 5.74) is 3.21. The van der Waals surface area contributed by atoms with E-state index in [4.69, 9.17) is 14.2 Å². The molecule has 0 unspecified atom stereocenters. The van der Waals surface area contributed by atoms with Crippen molar-refractivity contribution < 1.29 is 43.9 Å². The molecular weight excluding hydrogens is 745 g/mol. The maximum atomic E-state index is 13.0. The molecule has 0 aliphatic carbocycles. The van der Waals surface area contributed by atoms with Crippen LogP contribution >= 0.6 is 0 Å². The Labute approximate surface area is 345 Å². The summed E-state index contributed by atoms with van der Waals surface area (Å²) in [7, 11) is 2.94. The summed E-state index contributed by atoms with van der Waals surface area (Å²) < 4.78 is 16.6. The highest BCUT2D eigenvalue weighted by atomic mass is 16.5. The molecule has 6 rings (SSSR count). The third kappa shape index (κ3) is 11.6. The molecule has 0 bridgehead atoms. The van der Waals surface area contributed by atoms with Crippen LogP contribution in [-0.2, 0) is 6.42 Å². The van der Waals surface area contributed by atoms with Gasteiger partial charge in [-0.1, -0.05) is 130 Å². The summed E-state index contributed by atoms with van der Waals surface area (Å²) in [6.07, 6.45) is 7.47. The van der Waals surface area contributed by atoms with E-state index in [9.17, 15) is 29.7 Å². The number of hydrogen-bond acceptors (Lipinski definition) is 9. The predicted octanol–water partition coefficient (Wildman–Crippen LogP) is 10.5. The van der Waals surface area contributed by atoms with E-state index in [0.29, 0.717) is 57.2 Å². The predicted molar refractivity (Wildman–Crippen MR) is 229 cm³/mol. The van der Waals surface area contributed by atoms with E-state index in [-0.39, 0.29) is 52.1 Å². The molecule has 0 amide bonds. The van der Waals surface area contributed by atoms with Gasteiger partial charge < -0.3 is 29.5 Å². The number of phenols is 3. The zero-order chi connectivity index (χ0) is 42.1. The van der Waals surface area contributed by atoms with Gasteiger partial charge in [0.1, 0.15) is 34.5 Å². The Morgan fingerprint density at radius 1 is 0.475 bits per heavy atom. The molecule has 0 saturated heterocycles. The summed E-state index contributed by atoms with van der Waals surface area (Å²) in [5.74, 6) is 0.0743. The molecule has 0 radical (unpaired) electrons. The van der Waals surface area contributed by atoms with Crippen molar-refractivity contribution in [3.8, 4) is 34.5 Å². The number of unbranched alkanes of at least 4 members (excludes halogenated alkanes) is 5. The molecule has 3 N–H and O–H groups in total. The second kappa shape index (κ2) is 21.6. The first kappa shape index (κ1) is 43.3. The molecule has 0 atom stereocenters. The zero-order valence-electron chi connectivity index (χ0n) is 33.6. The molecule has 59 heavy (non-hydrogen) atoms. The van der Waals surface area contributed by atoms with Crippen LogP contribution in [-0.4, -0.2) is 53.5 Å². The monoisotopic (exact) mass is 794 g/mol. The third-order valence-corrected chi connectivity index (χ3v) is 9.76. The van der Waals surface area contributed by atoms with E-state index in [1.54, 1.807) is 84.9 Å². The Kier molecular flexibility index (Phi) is 15.8. The number of hydrogen-bond donors (Lipinski definition) is 3. The smallest absolute Gasteiger partial charge is 0.196 e. The Hall–Kier alpha value is -6.87. The van der Waals surface area contributed by atoms with Crippen molar-refractivity contribution in [3.63, 3.8) is 0 Å². The van der Waals surface area contributed by atoms with Crippen LogP contribution in [0.3, 0.4) is 0 Å². The third-order valence-electron chi connectivity index (χ3n) is 9.76. The van der Waals surface area contributed by atoms with E-state index >= 15 is 0 Å². The van der Waals surface area contributed by atoms with Gasteiger partial charge in [-0.05, 0) is 41.8 Å². The van der Waals surface area contributed by atoms with Crippen LogP contribution in [0.25, 0.3) is 0 Å². The quantitative estimate of drug-likeness (QED) is 0.0573. The van der Waals surface area contributed by atoms with E-state index in [2.05, 4.69) is 6.92 Å². The lowest BCUT2D eigenvalue weighted by molar-refractivity contribution is 0.102. The molecule has 9 nitrogen and oxygen atoms in total. The van der Waals surface area contributed by atoms with E-state index in [1.807, 2.05) is 30.3 Å². The highest BCUT2D eigenvalue weighted by Gasteiger charge is 2.22. The van der Waals surface area contributed by atoms with Crippen molar-refractivity contribution in [2.24, 2.45) is 0 Å². The number of methoxy groups -OCH3 is 2. The van der Waals surface area contributed by atoms with Crippen molar-refractivity contribution >= 4 is 17.3 Å². The van der Waals surface area contributed by atoms with Crippen LogP contribution in [0, 0.1) is 0 Å². The maximum Gasteiger partial charge on any atom is 0.196 e. The Balaban J connectivity index is 0.000000241. The van der Waals surface area contributed by atoms with Crippen LogP contribution in [0.1, 0.15) is 104 Å². The first-order chi connectivity index (χ1) is 28.6. The minimum atomic E-state index is -0.329. The normalized spacial score (nSPS) is 10.6. The van der Waals surface area contributed by atoms with Crippen LogP contribution in [0.15, 0.2) is 133 Å². The largest absolute Gasteiger partial charge is 0.507 e. The summed E-state index contributed by atoms with van der Waals surface area (Å²) >= 11 is 0. The number of phenolic OH excluding ortho intramolecular Hbond substituents is 3. The summed E-state index contributed by atoms with van der Waals surface area (Å²) in [4.78, 5) is 38.4. The molecule has 0 saturated carbocycles. The minimum Gasteiger partial charge on any atom is -0.507 e. The van der Waals surface area contributed by atoms with Crippen LogP contribution in [0.5, 0.6) is 34.5 Å². The fraction of sp³-hybridized carbons (Fsp3) is 0.220. The van der Waals surface area contributed by atoms with Crippen LogP contribution in [0.4, 0.5) is 0 Å². The summed E-state index contributed by atoms with van der Waals surface area (Å²) in [6, 6.07) is 37.1. The first-order valence-corrected chi connectivity index (χ1v) is 19.7. The Bertz CT molecular complexity index is 2210. The molecule has 0 aliphatic rings. The average molecular weight is 795 g/mol. The van der Waals surface area contributed by atoms with Crippen molar-refractivity contribution in [1.29, 1.82) is 0 Å². The average Bonchev–Trinajstić information content (AvgIpc) is 3.27. The van der Waals surface area contributed by atoms with E-state index in [1.165, 1.54) is 58.1 Å². The number of carbonyl (C=O) groups is 3. The van der Waals surface area contributed by atoms with Crippen LogP contribution < -0.4 is 14.2 Å². The number of aromatic hydroxyl groups is 3. The summed E-state index contributed by atoms with van der Waals surface area (Å²) in [5, 5.41) is 31.2. The second-order valence-corrected chi connectivity index (χ2v) is 13.9. The van der Waals surface area contributed by atoms with Gasteiger partial charge >= 0.3 is 0 Å². The van der Waals surface area contributed by atoms with Crippen molar-refractivity contribution in [2.75, 3.05) is 20.8 Å². The lowest BCUT2D eigenvalue weighted by Crippen LogP contribution is -2.06. The van der Waals surface area contributed by atoms with Gasteiger partial charge in [0.05, 0.1) is 37.5 Å². The molecule has 0 aromatic heterocycles. The fourth-order valence-electron chi connectivity index (χ4n) is 6.55. The van der Waals surface area contributed by atoms with E-state index < -0.39 is 0 Å². The van der Waals surface area contributed by atoms with Gasteiger partial charge in [-0.2, -0.15) is 0 Å². The van der Waals surface area contributed by atoms with Crippen molar-refractivity contribution in [1.82, 2.24) is 0 Å². The molecule has 6 aromatic carbocycles. The topological polar surface area (TPSA) is 140 Å². The van der Waals surface area contributed by atoms with Gasteiger partial charge in [0.15, 0.2) is 17.3 Å². The number of carbonyl (C=O) groups excluding carboxylic acids is 3. The van der Waals surface area contributed by atoms with E-state index in [0.717, 1.165) is 12.8 Å².